The maximum Gasteiger partial charge on any atom is 0.0960 e. The number of thiophene rings is 1. The van der Waals surface area contributed by atoms with Crippen LogP contribution in [0.15, 0.2) is 6.07 Å². The van der Waals surface area contributed by atoms with Crippen LogP contribution in [0.5, 0.6) is 0 Å². The summed E-state index contributed by atoms with van der Waals surface area (Å²) in [5.41, 5.74) is 1.40. The van der Waals surface area contributed by atoms with Crippen molar-refractivity contribution in [2.45, 2.75) is 40.7 Å². The maximum absolute atomic E-state index is 6.11. The molecule has 1 unspecified atom stereocenters. The molecule has 1 N–H and O–H groups in total. The van der Waals surface area contributed by atoms with Gasteiger partial charge in [-0.15, -0.1) is 11.3 Å². The molecule has 0 aliphatic carbocycles. The van der Waals surface area contributed by atoms with E-state index in [4.69, 9.17) is 11.6 Å². The number of hydrogen-bond donors (Lipinski definition) is 1. The lowest BCUT2D eigenvalue weighted by molar-refractivity contribution is 0.280. The number of rotatable bonds is 3. The SMILES string of the molecule is CCNC(c1cc(C)c(Cl)s1)C(C)(C)C. The molecule has 0 bridgehead atoms. The van der Waals surface area contributed by atoms with Crippen molar-refractivity contribution in [3.05, 3.63) is 20.8 Å². The van der Waals surface area contributed by atoms with Gasteiger partial charge in [0.15, 0.2) is 0 Å². The summed E-state index contributed by atoms with van der Waals surface area (Å²) < 4.78 is 0.914. The number of nitrogens with one attached hydrogen (secondary N) is 1. The molecule has 0 amide bonds. The number of halogens is 1. The summed E-state index contributed by atoms with van der Waals surface area (Å²) in [5, 5.41) is 3.53. The van der Waals surface area contributed by atoms with E-state index in [1.807, 2.05) is 0 Å². The average Bonchev–Trinajstić information content (AvgIpc) is 2.40. The second-order valence-corrected chi connectivity index (χ2v) is 6.65. The molecular formula is C12H20ClNS. The minimum absolute atomic E-state index is 0.219. The second kappa shape index (κ2) is 4.86. The van der Waals surface area contributed by atoms with Crippen LogP contribution < -0.4 is 5.32 Å². The highest BCUT2D eigenvalue weighted by molar-refractivity contribution is 7.16. The van der Waals surface area contributed by atoms with Crippen LogP contribution in [-0.2, 0) is 0 Å². The van der Waals surface area contributed by atoms with E-state index >= 15 is 0 Å². The van der Waals surface area contributed by atoms with Crippen molar-refractivity contribution in [2.75, 3.05) is 6.54 Å². The van der Waals surface area contributed by atoms with Crippen molar-refractivity contribution in [1.29, 1.82) is 0 Å². The minimum Gasteiger partial charge on any atom is -0.309 e. The summed E-state index contributed by atoms with van der Waals surface area (Å²) in [6, 6.07) is 2.59. The molecule has 0 saturated carbocycles. The van der Waals surface area contributed by atoms with E-state index in [0.29, 0.717) is 6.04 Å². The van der Waals surface area contributed by atoms with Crippen LogP contribution in [0.3, 0.4) is 0 Å². The normalized spacial score (nSPS) is 14.3. The van der Waals surface area contributed by atoms with Crippen LogP contribution in [0.1, 0.15) is 44.2 Å². The molecule has 1 heterocycles. The molecule has 15 heavy (non-hydrogen) atoms. The van der Waals surface area contributed by atoms with Gasteiger partial charge in [-0.3, -0.25) is 0 Å². The number of hydrogen-bond acceptors (Lipinski definition) is 2. The summed E-state index contributed by atoms with van der Waals surface area (Å²) in [4.78, 5) is 1.34. The molecule has 1 atom stereocenters. The van der Waals surface area contributed by atoms with Gasteiger partial charge in [-0.1, -0.05) is 39.3 Å². The molecule has 0 saturated heterocycles. The minimum atomic E-state index is 0.219. The van der Waals surface area contributed by atoms with Gasteiger partial charge in [0.25, 0.3) is 0 Å². The van der Waals surface area contributed by atoms with Crippen LogP contribution in [0.4, 0.5) is 0 Å². The number of aryl methyl sites for hydroxylation is 1. The second-order valence-electron chi connectivity index (χ2n) is 4.96. The Morgan fingerprint density at radius 1 is 1.47 bits per heavy atom. The molecule has 0 aliphatic heterocycles. The molecule has 0 fully saturated rings. The van der Waals surface area contributed by atoms with Crippen molar-refractivity contribution in [3.8, 4) is 0 Å². The Labute approximate surface area is 102 Å². The van der Waals surface area contributed by atoms with Gasteiger partial charge in [0.2, 0.25) is 0 Å². The third kappa shape index (κ3) is 3.20. The van der Waals surface area contributed by atoms with E-state index < -0.39 is 0 Å². The molecule has 0 aromatic carbocycles. The first-order valence-electron chi connectivity index (χ1n) is 5.35. The van der Waals surface area contributed by atoms with Gasteiger partial charge in [0, 0.05) is 10.9 Å². The molecule has 86 valence electrons. The van der Waals surface area contributed by atoms with Crippen molar-refractivity contribution >= 4 is 22.9 Å². The zero-order valence-corrected chi connectivity index (χ0v) is 11.7. The zero-order valence-electron chi connectivity index (χ0n) is 10.1. The van der Waals surface area contributed by atoms with Crippen molar-refractivity contribution in [2.24, 2.45) is 5.41 Å². The highest BCUT2D eigenvalue weighted by Crippen LogP contribution is 2.39. The predicted molar refractivity (Wildman–Crippen MR) is 69.9 cm³/mol. The summed E-state index contributed by atoms with van der Waals surface area (Å²) in [5.74, 6) is 0. The Kier molecular flexibility index (Phi) is 4.21. The van der Waals surface area contributed by atoms with Gasteiger partial charge < -0.3 is 5.32 Å². The maximum atomic E-state index is 6.11. The molecule has 0 radical (unpaired) electrons. The Balaban J connectivity index is 2.99. The predicted octanol–water partition coefficient (Wildman–Crippen LogP) is 4.41. The quantitative estimate of drug-likeness (QED) is 0.832. The largest absolute Gasteiger partial charge is 0.309 e. The Morgan fingerprint density at radius 3 is 2.40 bits per heavy atom. The lowest BCUT2D eigenvalue weighted by atomic mass is 9.85. The van der Waals surface area contributed by atoms with Crippen molar-refractivity contribution in [1.82, 2.24) is 5.32 Å². The fraction of sp³-hybridized carbons (Fsp3) is 0.667. The fourth-order valence-electron chi connectivity index (χ4n) is 1.66. The summed E-state index contributed by atoms with van der Waals surface area (Å²) in [6.07, 6.45) is 0. The third-order valence-corrected chi connectivity index (χ3v) is 4.06. The van der Waals surface area contributed by atoms with Gasteiger partial charge in [0.05, 0.1) is 4.34 Å². The fourth-order valence-corrected chi connectivity index (χ4v) is 3.20. The van der Waals surface area contributed by atoms with E-state index in [-0.39, 0.29) is 5.41 Å². The zero-order chi connectivity index (χ0) is 11.6. The van der Waals surface area contributed by atoms with E-state index in [1.54, 1.807) is 11.3 Å². The van der Waals surface area contributed by atoms with E-state index in [1.165, 1.54) is 10.4 Å². The molecule has 0 spiro atoms. The monoisotopic (exact) mass is 245 g/mol. The van der Waals surface area contributed by atoms with Crippen LogP contribution in [-0.4, -0.2) is 6.54 Å². The van der Waals surface area contributed by atoms with Crippen LogP contribution >= 0.6 is 22.9 Å². The smallest absolute Gasteiger partial charge is 0.0960 e. The molecule has 1 nitrogen and oxygen atoms in total. The Morgan fingerprint density at radius 2 is 2.07 bits per heavy atom. The van der Waals surface area contributed by atoms with E-state index in [0.717, 1.165) is 10.9 Å². The standard InChI is InChI=1S/C12H20ClNS/c1-6-14-10(12(3,4)5)9-7-8(2)11(13)15-9/h7,10,14H,6H2,1-5H3. The van der Waals surface area contributed by atoms with Gasteiger partial charge in [0.1, 0.15) is 0 Å². The summed E-state index contributed by atoms with van der Waals surface area (Å²) >= 11 is 7.81. The molecule has 1 rings (SSSR count). The third-order valence-electron chi connectivity index (χ3n) is 2.44. The summed E-state index contributed by atoms with van der Waals surface area (Å²) in [7, 11) is 0. The van der Waals surface area contributed by atoms with E-state index in [2.05, 4.69) is 46.0 Å². The topological polar surface area (TPSA) is 12.0 Å². The Bertz CT molecular complexity index is 305. The summed E-state index contributed by atoms with van der Waals surface area (Å²) in [6.45, 7) is 11.9. The van der Waals surface area contributed by atoms with Gasteiger partial charge in [-0.2, -0.15) is 0 Å². The molecule has 0 aliphatic rings. The molecule has 3 heteroatoms. The lowest BCUT2D eigenvalue weighted by Gasteiger charge is -2.30. The highest BCUT2D eigenvalue weighted by Gasteiger charge is 2.27. The van der Waals surface area contributed by atoms with Crippen molar-refractivity contribution < 1.29 is 0 Å². The van der Waals surface area contributed by atoms with Crippen LogP contribution in [0.2, 0.25) is 4.34 Å². The van der Waals surface area contributed by atoms with Gasteiger partial charge in [-0.25, -0.2) is 0 Å². The molecule has 1 aromatic heterocycles. The molecular weight excluding hydrogens is 226 g/mol. The van der Waals surface area contributed by atoms with Gasteiger partial charge >= 0.3 is 0 Å². The van der Waals surface area contributed by atoms with E-state index in [9.17, 15) is 0 Å². The first-order valence-corrected chi connectivity index (χ1v) is 6.55. The first-order chi connectivity index (χ1) is 6.86. The molecule has 1 aromatic rings. The van der Waals surface area contributed by atoms with Gasteiger partial charge in [-0.05, 0) is 30.5 Å². The van der Waals surface area contributed by atoms with Crippen LogP contribution in [0.25, 0.3) is 0 Å². The highest BCUT2D eigenvalue weighted by atomic mass is 35.5. The van der Waals surface area contributed by atoms with Crippen LogP contribution in [0, 0.1) is 12.3 Å². The lowest BCUT2D eigenvalue weighted by Crippen LogP contribution is -2.31. The Hall–Kier alpha value is -0.0500. The average molecular weight is 246 g/mol. The van der Waals surface area contributed by atoms with Crippen molar-refractivity contribution in [3.63, 3.8) is 0 Å². The first kappa shape index (κ1) is 13.0.